The molecule has 0 saturated carbocycles. The number of anilines is 1. The highest BCUT2D eigenvalue weighted by Gasteiger charge is 2.23. The van der Waals surface area contributed by atoms with E-state index in [4.69, 9.17) is 16.7 Å². The maximum Gasteiger partial charge on any atom is 0.338 e. The van der Waals surface area contributed by atoms with Crippen LogP contribution in [0, 0.1) is 10.1 Å². The van der Waals surface area contributed by atoms with E-state index < -0.39 is 16.6 Å². The summed E-state index contributed by atoms with van der Waals surface area (Å²) in [7, 11) is 0. The molecule has 1 amide bonds. The van der Waals surface area contributed by atoms with Crippen LogP contribution in [0.15, 0.2) is 12.1 Å². The number of hydrogen-bond acceptors (Lipinski definition) is 5. The van der Waals surface area contributed by atoms with Crippen molar-refractivity contribution in [2.45, 2.75) is 18.9 Å². The first-order chi connectivity index (χ1) is 9.88. The topological polar surface area (TPSA) is 122 Å². The Hall–Kier alpha value is -2.35. The predicted octanol–water partition coefficient (Wildman–Crippen LogP) is 1.64. The Morgan fingerprint density at radius 1 is 1.57 bits per heavy atom. The molecular weight excluding hydrogens is 302 g/mol. The summed E-state index contributed by atoms with van der Waals surface area (Å²) in [4.78, 5) is 32.3. The number of aromatic carboxylic acids is 1. The van der Waals surface area contributed by atoms with E-state index in [1.165, 1.54) is 0 Å². The van der Waals surface area contributed by atoms with Crippen LogP contribution in [0.3, 0.4) is 0 Å². The summed E-state index contributed by atoms with van der Waals surface area (Å²) in [5, 5.41) is 25.4. The lowest BCUT2D eigenvalue weighted by Gasteiger charge is -2.15. The summed E-state index contributed by atoms with van der Waals surface area (Å²) in [6.07, 6.45) is 1.06. The molecule has 0 bridgehead atoms. The molecule has 1 fully saturated rings. The fraction of sp³-hybridized carbons (Fsp3) is 0.333. The number of nitrogens with zero attached hydrogens (tertiary/aromatic N) is 1. The summed E-state index contributed by atoms with van der Waals surface area (Å²) in [5.74, 6) is -1.38. The number of hydrogen-bond donors (Lipinski definition) is 3. The van der Waals surface area contributed by atoms with Gasteiger partial charge >= 0.3 is 5.97 Å². The second-order valence-corrected chi connectivity index (χ2v) is 5.00. The van der Waals surface area contributed by atoms with Crippen LogP contribution in [0.1, 0.15) is 23.2 Å². The fourth-order valence-corrected chi connectivity index (χ4v) is 2.38. The van der Waals surface area contributed by atoms with E-state index in [2.05, 4.69) is 10.6 Å². The van der Waals surface area contributed by atoms with Crippen molar-refractivity contribution in [2.75, 3.05) is 11.9 Å². The first-order valence-electron chi connectivity index (χ1n) is 6.13. The first kappa shape index (κ1) is 15.0. The van der Waals surface area contributed by atoms with E-state index >= 15 is 0 Å². The summed E-state index contributed by atoms with van der Waals surface area (Å²) in [6, 6.07) is 1.92. The van der Waals surface area contributed by atoms with Crippen molar-refractivity contribution < 1.29 is 19.6 Å². The highest BCUT2D eigenvalue weighted by Crippen LogP contribution is 2.31. The predicted molar refractivity (Wildman–Crippen MR) is 74.7 cm³/mol. The number of carboxylic acids is 1. The van der Waals surface area contributed by atoms with Crippen LogP contribution >= 0.6 is 11.6 Å². The van der Waals surface area contributed by atoms with Gasteiger partial charge in [-0.05, 0) is 6.42 Å². The van der Waals surface area contributed by atoms with Gasteiger partial charge in [0.05, 0.1) is 21.2 Å². The second-order valence-electron chi connectivity index (χ2n) is 4.60. The lowest BCUT2D eigenvalue weighted by atomic mass is 10.1. The standard InChI is InChI=1S/C12H12ClN3O5/c13-9-4-7(16(20)21)3-8(12(18)19)11(9)14-5-6-1-2-10(17)15-6/h3-4,6,14H,1-2,5H2,(H,15,17)(H,18,19). The molecule has 1 unspecified atom stereocenters. The zero-order valence-electron chi connectivity index (χ0n) is 10.8. The molecule has 3 N–H and O–H groups in total. The minimum absolute atomic E-state index is 0.0501. The number of benzene rings is 1. The van der Waals surface area contributed by atoms with Crippen LogP contribution in [0.25, 0.3) is 0 Å². The largest absolute Gasteiger partial charge is 0.478 e. The van der Waals surface area contributed by atoms with Gasteiger partial charge in [-0.3, -0.25) is 14.9 Å². The van der Waals surface area contributed by atoms with Gasteiger partial charge < -0.3 is 15.7 Å². The average molecular weight is 314 g/mol. The van der Waals surface area contributed by atoms with Gasteiger partial charge in [-0.15, -0.1) is 0 Å². The second kappa shape index (κ2) is 5.96. The van der Waals surface area contributed by atoms with Crippen molar-refractivity contribution in [3.05, 3.63) is 32.8 Å². The molecule has 1 aromatic rings. The molecule has 8 nitrogen and oxygen atoms in total. The first-order valence-corrected chi connectivity index (χ1v) is 6.50. The van der Waals surface area contributed by atoms with Crippen molar-refractivity contribution in [1.29, 1.82) is 0 Å². The van der Waals surface area contributed by atoms with E-state index in [0.717, 1.165) is 12.1 Å². The van der Waals surface area contributed by atoms with Crippen molar-refractivity contribution in [1.82, 2.24) is 5.32 Å². The van der Waals surface area contributed by atoms with Crippen LogP contribution in [0.5, 0.6) is 0 Å². The van der Waals surface area contributed by atoms with E-state index in [1.54, 1.807) is 0 Å². The number of nitro groups is 1. The molecular formula is C12H12ClN3O5. The van der Waals surface area contributed by atoms with E-state index in [1.807, 2.05) is 0 Å². The van der Waals surface area contributed by atoms with Crippen molar-refractivity contribution in [3.8, 4) is 0 Å². The minimum atomic E-state index is -1.32. The monoisotopic (exact) mass is 313 g/mol. The molecule has 1 atom stereocenters. The number of carbonyl (C=O) groups is 2. The maximum atomic E-state index is 11.2. The number of nitrogens with one attached hydrogen (secondary N) is 2. The molecule has 0 aliphatic carbocycles. The van der Waals surface area contributed by atoms with Crippen LogP contribution in [-0.4, -0.2) is 34.5 Å². The average Bonchev–Trinajstić information content (AvgIpc) is 2.82. The van der Waals surface area contributed by atoms with E-state index in [-0.39, 0.29) is 28.2 Å². The van der Waals surface area contributed by atoms with E-state index in [0.29, 0.717) is 19.4 Å². The Morgan fingerprint density at radius 3 is 2.81 bits per heavy atom. The van der Waals surface area contributed by atoms with Crippen molar-refractivity contribution in [3.63, 3.8) is 0 Å². The van der Waals surface area contributed by atoms with Gasteiger partial charge in [-0.25, -0.2) is 4.79 Å². The zero-order chi connectivity index (χ0) is 15.6. The molecule has 0 spiro atoms. The highest BCUT2D eigenvalue weighted by atomic mass is 35.5. The summed E-state index contributed by atoms with van der Waals surface area (Å²) in [5.41, 5.74) is -0.563. The lowest BCUT2D eigenvalue weighted by molar-refractivity contribution is -0.384. The van der Waals surface area contributed by atoms with Gasteiger partial charge in [0.15, 0.2) is 0 Å². The third-order valence-corrected chi connectivity index (χ3v) is 3.42. The molecule has 0 radical (unpaired) electrons. The number of carbonyl (C=O) groups excluding carboxylic acids is 1. The Bertz CT molecular complexity index is 619. The molecule has 21 heavy (non-hydrogen) atoms. The third kappa shape index (κ3) is 3.40. The molecule has 2 rings (SSSR count). The van der Waals surface area contributed by atoms with Crippen LogP contribution in [0.2, 0.25) is 5.02 Å². The smallest absolute Gasteiger partial charge is 0.338 e. The molecule has 1 aliphatic rings. The number of carboxylic acid groups (broad SMARTS) is 1. The van der Waals surface area contributed by atoms with Crippen LogP contribution in [0.4, 0.5) is 11.4 Å². The fourth-order valence-electron chi connectivity index (χ4n) is 2.10. The molecule has 112 valence electrons. The van der Waals surface area contributed by atoms with Gasteiger partial charge in [-0.2, -0.15) is 0 Å². The molecule has 1 saturated heterocycles. The summed E-state index contributed by atoms with van der Waals surface area (Å²) < 4.78 is 0. The Labute approximate surface area is 124 Å². The van der Waals surface area contributed by atoms with Gasteiger partial charge in [0.2, 0.25) is 5.91 Å². The summed E-state index contributed by atoms with van der Waals surface area (Å²) in [6.45, 7) is 0.295. The number of amides is 1. The highest BCUT2D eigenvalue weighted by molar-refractivity contribution is 6.34. The van der Waals surface area contributed by atoms with Gasteiger partial charge in [-0.1, -0.05) is 11.6 Å². The third-order valence-electron chi connectivity index (χ3n) is 3.13. The number of halogens is 1. The minimum Gasteiger partial charge on any atom is -0.478 e. The van der Waals surface area contributed by atoms with Crippen LogP contribution in [-0.2, 0) is 4.79 Å². The Morgan fingerprint density at radius 2 is 2.29 bits per heavy atom. The van der Waals surface area contributed by atoms with Gasteiger partial charge in [0.1, 0.15) is 0 Å². The Kier molecular flexibility index (Phi) is 4.27. The number of rotatable bonds is 5. The quantitative estimate of drug-likeness (QED) is 0.561. The SMILES string of the molecule is O=C1CCC(CNc2c(Cl)cc([N+](=O)[O-])cc2C(=O)O)N1. The number of non-ortho nitro benzene ring substituents is 1. The molecule has 9 heteroatoms. The molecule has 1 aromatic carbocycles. The zero-order valence-corrected chi connectivity index (χ0v) is 11.5. The summed E-state index contributed by atoms with van der Waals surface area (Å²) >= 11 is 5.92. The molecule has 0 aromatic heterocycles. The number of nitro benzene ring substituents is 1. The van der Waals surface area contributed by atoms with Gasteiger partial charge in [0, 0.05) is 31.1 Å². The van der Waals surface area contributed by atoms with Crippen molar-refractivity contribution >= 4 is 34.9 Å². The van der Waals surface area contributed by atoms with Crippen LogP contribution < -0.4 is 10.6 Å². The van der Waals surface area contributed by atoms with E-state index in [9.17, 15) is 19.7 Å². The normalized spacial score (nSPS) is 17.4. The maximum absolute atomic E-state index is 11.2. The molecule has 1 aliphatic heterocycles. The van der Waals surface area contributed by atoms with Crippen molar-refractivity contribution in [2.24, 2.45) is 0 Å². The Balaban J connectivity index is 2.23. The molecule has 1 heterocycles. The van der Waals surface area contributed by atoms with Gasteiger partial charge in [0.25, 0.3) is 5.69 Å². The lowest BCUT2D eigenvalue weighted by Crippen LogP contribution is -2.32.